The first-order valence-electron chi connectivity index (χ1n) is 17.5. The Balaban J connectivity index is 0.0000101. The maximum Gasteiger partial charge on any atom is 0.306 e. The van der Waals surface area contributed by atoms with Crippen molar-refractivity contribution in [2.24, 2.45) is 5.92 Å². The van der Waals surface area contributed by atoms with E-state index in [0.29, 0.717) is 5.92 Å². The molecule has 0 aliphatic carbocycles. The number of alkyl halides is 1. The number of ether oxygens (including phenoxy) is 2. The molecule has 8 nitrogen and oxygen atoms in total. The van der Waals surface area contributed by atoms with Crippen LogP contribution in [0.3, 0.4) is 0 Å². The van der Waals surface area contributed by atoms with E-state index < -0.39 is 47.2 Å². The van der Waals surface area contributed by atoms with Crippen molar-refractivity contribution >= 4 is 47.6 Å². The van der Waals surface area contributed by atoms with Gasteiger partial charge in [0.1, 0.15) is 23.7 Å². The molecule has 266 valence electrons. The Labute approximate surface area is 289 Å². The first-order valence-corrected chi connectivity index (χ1v) is 19.2. The molecular formula is C34H64Cl2N2O6S. The van der Waals surface area contributed by atoms with Gasteiger partial charge in [0.15, 0.2) is 6.10 Å². The molecule has 9 atom stereocenters. The minimum absolute atomic E-state index is 0. The Morgan fingerprint density at radius 2 is 1.51 bits per heavy atom. The summed E-state index contributed by atoms with van der Waals surface area (Å²) in [6, 6.07) is -1.00. The quantitative estimate of drug-likeness (QED) is 0.0641. The lowest BCUT2D eigenvalue weighted by molar-refractivity contribution is -0.218. The summed E-state index contributed by atoms with van der Waals surface area (Å²) < 4.78 is 11.9. The number of rotatable bonds is 22. The zero-order valence-electron chi connectivity index (χ0n) is 28.6. The molecule has 2 aliphatic heterocycles. The minimum atomic E-state index is -1.38. The zero-order chi connectivity index (χ0) is 32.5. The SMILES string of the molecule is CCCCCCCCCCCCCCCC(=O)O[C@@H]1[C@H](O)[C@H](O)[C@H]([C@H](NC(=O)[C@@H]2C[C@H](CCC)CN2C)[C@@H](C)Cl)O[C@H]1SC.Cl. The van der Waals surface area contributed by atoms with Crippen molar-refractivity contribution in [3.05, 3.63) is 0 Å². The fourth-order valence-electron chi connectivity index (χ4n) is 6.72. The lowest BCUT2D eigenvalue weighted by Gasteiger charge is -2.45. The van der Waals surface area contributed by atoms with Crippen molar-refractivity contribution in [1.82, 2.24) is 10.2 Å². The van der Waals surface area contributed by atoms with Gasteiger partial charge in [0.25, 0.3) is 0 Å². The van der Waals surface area contributed by atoms with Crippen LogP contribution in [0.5, 0.6) is 0 Å². The third kappa shape index (κ3) is 14.8. The molecule has 0 spiro atoms. The predicted octanol–water partition coefficient (Wildman–Crippen LogP) is 6.84. The van der Waals surface area contributed by atoms with Gasteiger partial charge in [-0.1, -0.05) is 97.3 Å². The molecule has 0 aromatic rings. The van der Waals surface area contributed by atoms with E-state index in [4.69, 9.17) is 21.1 Å². The van der Waals surface area contributed by atoms with Crippen LogP contribution >= 0.6 is 35.8 Å². The number of carbonyl (C=O) groups excluding carboxylic acids is 2. The van der Waals surface area contributed by atoms with Crippen LogP contribution in [0.25, 0.3) is 0 Å². The van der Waals surface area contributed by atoms with E-state index in [-0.39, 0.29) is 30.8 Å². The summed E-state index contributed by atoms with van der Waals surface area (Å²) in [6.45, 7) is 7.01. The van der Waals surface area contributed by atoms with Gasteiger partial charge >= 0.3 is 5.97 Å². The zero-order valence-corrected chi connectivity index (χ0v) is 31.0. The van der Waals surface area contributed by atoms with Gasteiger partial charge < -0.3 is 25.0 Å². The van der Waals surface area contributed by atoms with Crippen molar-refractivity contribution in [2.45, 2.75) is 177 Å². The van der Waals surface area contributed by atoms with Crippen molar-refractivity contribution in [2.75, 3.05) is 19.8 Å². The van der Waals surface area contributed by atoms with Crippen LogP contribution in [-0.4, -0.2) is 94.2 Å². The number of halogens is 2. The van der Waals surface area contributed by atoms with Gasteiger partial charge in [0.05, 0.1) is 17.5 Å². The van der Waals surface area contributed by atoms with Gasteiger partial charge in [-0.05, 0) is 45.4 Å². The molecule has 0 aromatic carbocycles. The minimum Gasteiger partial charge on any atom is -0.456 e. The molecule has 11 heteroatoms. The molecule has 2 fully saturated rings. The maximum absolute atomic E-state index is 13.3. The van der Waals surface area contributed by atoms with Gasteiger partial charge in [-0.25, -0.2) is 0 Å². The Morgan fingerprint density at radius 3 is 2.02 bits per heavy atom. The number of aliphatic hydroxyl groups is 2. The number of unbranched alkanes of at least 4 members (excludes halogenated alkanes) is 12. The van der Waals surface area contributed by atoms with Crippen LogP contribution in [0.4, 0.5) is 0 Å². The second-order valence-electron chi connectivity index (χ2n) is 13.2. The van der Waals surface area contributed by atoms with Gasteiger partial charge in [-0.2, -0.15) is 0 Å². The monoisotopic (exact) mass is 698 g/mol. The number of aliphatic hydroxyl groups excluding tert-OH is 2. The Hall–Kier alpha value is -0.290. The highest BCUT2D eigenvalue weighted by atomic mass is 35.5. The lowest BCUT2D eigenvalue weighted by Crippen LogP contribution is -2.65. The van der Waals surface area contributed by atoms with E-state index in [0.717, 1.165) is 45.1 Å². The first kappa shape index (κ1) is 42.7. The third-order valence-corrected chi connectivity index (χ3v) is 10.5. The molecule has 0 saturated carbocycles. The lowest BCUT2D eigenvalue weighted by atomic mass is 9.92. The van der Waals surface area contributed by atoms with Crippen LogP contribution in [0, 0.1) is 5.92 Å². The fraction of sp³-hybridized carbons (Fsp3) is 0.941. The fourth-order valence-corrected chi connectivity index (χ4v) is 7.65. The van der Waals surface area contributed by atoms with Gasteiger partial charge in [0.2, 0.25) is 5.91 Å². The molecule has 0 unspecified atom stereocenters. The van der Waals surface area contributed by atoms with E-state index in [1.54, 1.807) is 13.2 Å². The number of amides is 1. The summed E-state index contributed by atoms with van der Waals surface area (Å²) in [5.41, 5.74) is -0.702. The number of likely N-dealkylation sites (N-methyl/N-ethyl adjacent to an activating group) is 1. The van der Waals surface area contributed by atoms with Crippen molar-refractivity contribution in [3.8, 4) is 0 Å². The Kier molecular flexibility index (Phi) is 22.7. The second kappa shape index (κ2) is 23.9. The van der Waals surface area contributed by atoms with E-state index in [1.807, 2.05) is 7.05 Å². The maximum atomic E-state index is 13.3. The molecule has 0 bridgehead atoms. The number of thioether (sulfide) groups is 1. The van der Waals surface area contributed by atoms with E-state index in [1.165, 1.54) is 76.0 Å². The molecule has 0 radical (unpaired) electrons. The smallest absolute Gasteiger partial charge is 0.306 e. The molecular weight excluding hydrogens is 635 g/mol. The molecule has 3 N–H and O–H groups in total. The molecule has 2 heterocycles. The van der Waals surface area contributed by atoms with Crippen molar-refractivity contribution in [1.29, 1.82) is 0 Å². The summed E-state index contributed by atoms with van der Waals surface area (Å²) in [5, 5.41) is 24.6. The van der Waals surface area contributed by atoms with Gasteiger partial charge in [-0.15, -0.1) is 35.8 Å². The van der Waals surface area contributed by atoms with Crippen LogP contribution in [0.1, 0.15) is 130 Å². The molecule has 1 amide bonds. The summed E-state index contributed by atoms with van der Waals surface area (Å²) in [6.07, 6.45) is 16.3. The highest BCUT2D eigenvalue weighted by Crippen LogP contribution is 2.33. The highest BCUT2D eigenvalue weighted by molar-refractivity contribution is 7.99. The number of esters is 1. The largest absolute Gasteiger partial charge is 0.456 e. The van der Waals surface area contributed by atoms with Gasteiger partial charge in [-0.3, -0.25) is 14.5 Å². The van der Waals surface area contributed by atoms with Crippen molar-refractivity contribution in [3.63, 3.8) is 0 Å². The van der Waals surface area contributed by atoms with E-state index >= 15 is 0 Å². The van der Waals surface area contributed by atoms with Crippen LogP contribution in [0.2, 0.25) is 0 Å². The van der Waals surface area contributed by atoms with Crippen LogP contribution < -0.4 is 5.32 Å². The predicted molar refractivity (Wildman–Crippen MR) is 188 cm³/mol. The average Bonchev–Trinajstić information content (AvgIpc) is 3.36. The third-order valence-electron chi connectivity index (χ3n) is 9.36. The summed E-state index contributed by atoms with van der Waals surface area (Å²) in [5.74, 6) is -0.0742. The molecule has 2 saturated heterocycles. The van der Waals surface area contributed by atoms with Crippen molar-refractivity contribution < 1.29 is 29.3 Å². The number of hydrogen-bond donors (Lipinski definition) is 3. The number of nitrogens with zero attached hydrogens (tertiary/aromatic N) is 1. The van der Waals surface area contributed by atoms with Gasteiger partial charge in [0, 0.05) is 13.0 Å². The molecule has 45 heavy (non-hydrogen) atoms. The van der Waals surface area contributed by atoms with Crippen LogP contribution in [-0.2, 0) is 19.1 Å². The number of hydrogen-bond acceptors (Lipinski definition) is 8. The van der Waals surface area contributed by atoms with E-state index in [9.17, 15) is 19.8 Å². The van der Waals surface area contributed by atoms with Crippen LogP contribution in [0.15, 0.2) is 0 Å². The number of likely N-dealkylation sites (tertiary alicyclic amines) is 1. The molecule has 0 aromatic heterocycles. The van der Waals surface area contributed by atoms with E-state index in [2.05, 4.69) is 24.1 Å². The topological polar surface area (TPSA) is 108 Å². The Morgan fingerprint density at radius 1 is 0.956 bits per heavy atom. The molecule has 2 aliphatic rings. The normalized spacial score (nSPS) is 28.3. The Bertz CT molecular complexity index is 811. The summed E-state index contributed by atoms with van der Waals surface area (Å²) in [4.78, 5) is 28.0. The summed E-state index contributed by atoms with van der Waals surface area (Å²) >= 11 is 7.82. The first-order chi connectivity index (χ1) is 21.1. The summed E-state index contributed by atoms with van der Waals surface area (Å²) in [7, 11) is 1.95. The highest BCUT2D eigenvalue weighted by Gasteiger charge is 2.50. The number of nitrogens with one attached hydrogen (secondary N) is 1. The average molecular weight is 700 g/mol. The number of carbonyl (C=O) groups is 2. The second-order valence-corrected chi connectivity index (χ2v) is 14.8. The molecule has 2 rings (SSSR count). The standard InChI is InChI=1S/C34H63ClN2O6S.ClH/c1-6-8-9-10-11-12-13-14-15-16-17-18-19-21-27(38)42-32-30(40)29(39)31(43-34(32)44-5)28(24(3)35)36-33(41)26-22-25(20-7-2)23-37(26)4;/h24-26,28-32,34,39-40H,6-23H2,1-5H3,(H,36,41);1H/t24-,25+,26+,28-,29+,30-,31+,32-,34+;/m1./s1.